The van der Waals surface area contributed by atoms with E-state index in [2.05, 4.69) is 37.4 Å². The van der Waals surface area contributed by atoms with E-state index in [4.69, 9.17) is 0 Å². The predicted octanol–water partition coefficient (Wildman–Crippen LogP) is 2.91. The van der Waals surface area contributed by atoms with Crippen molar-refractivity contribution < 1.29 is 0 Å². The molecule has 0 amide bonds. The highest BCUT2D eigenvalue weighted by Gasteiger charge is 2.16. The first kappa shape index (κ1) is 7.66. The summed E-state index contributed by atoms with van der Waals surface area (Å²) < 4.78 is 0. The highest BCUT2D eigenvalue weighted by atomic mass is 14.9. The number of aryl methyl sites for hydroxylation is 1. The maximum Gasteiger partial charge on any atom is 0.0405 e. The summed E-state index contributed by atoms with van der Waals surface area (Å²) in [6.45, 7) is 5.60. The van der Waals surface area contributed by atoms with Crippen LogP contribution < -0.4 is 5.32 Å². The molecule has 1 aromatic carbocycles. The van der Waals surface area contributed by atoms with Crippen LogP contribution in [0.25, 0.3) is 0 Å². The van der Waals surface area contributed by atoms with Gasteiger partial charge in [0.25, 0.3) is 0 Å². The average Bonchev–Trinajstić information content (AvgIpc) is 2.07. The number of hydrogen-bond donors (Lipinski definition) is 1. The summed E-state index contributed by atoms with van der Waals surface area (Å²) >= 11 is 0. The fourth-order valence-corrected chi connectivity index (χ4v) is 1.91. The normalized spacial score (nSPS) is 21.3. The molecule has 2 rings (SSSR count). The molecule has 0 aromatic heterocycles. The van der Waals surface area contributed by atoms with Crippen molar-refractivity contribution >= 4 is 5.69 Å². The Bertz CT molecular complexity index is 291. The van der Waals surface area contributed by atoms with E-state index in [1.54, 1.807) is 0 Å². The second-order valence-electron chi connectivity index (χ2n) is 3.66. The van der Waals surface area contributed by atoms with Gasteiger partial charge in [-0.05, 0) is 30.4 Å². The van der Waals surface area contributed by atoms with Crippen LogP contribution in [0.15, 0.2) is 18.2 Å². The molecule has 1 atom stereocenters. The summed E-state index contributed by atoms with van der Waals surface area (Å²) in [5.74, 6) is 0.723. The van der Waals surface area contributed by atoms with Crippen LogP contribution in [-0.4, -0.2) is 6.54 Å². The fourth-order valence-electron chi connectivity index (χ4n) is 1.91. The Hall–Kier alpha value is -0.980. The Morgan fingerprint density at radius 1 is 1.42 bits per heavy atom. The standard InChI is InChI=1S/C11H15N/c1-8-6-7-12-11-9(2)4-3-5-10(8)11/h3-5,8,12H,6-7H2,1-2H3. The van der Waals surface area contributed by atoms with Crippen LogP contribution in [0.5, 0.6) is 0 Å². The molecule has 0 radical (unpaired) electrons. The fraction of sp³-hybridized carbons (Fsp3) is 0.455. The van der Waals surface area contributed by atoms with E-state index in [0.29, 0.717) is 0 Å². The lowest BCUT2D eigenvalue weighted by Gasteiger charge is -2.25. The van der Waals surface area contributed by atoms with Gasteiger partial charge in [0.2, 0.25) is 0 Å². The summed E-state index contributed by atoms with van der Waals surface area (Å²) in [5.41, 5.74) is 4.23. The minimum Gasteiger partial charge on any atom is -0.385 e. The van der Waals surface area contributed by atoms with Crippen molar-refractivity contribution in [2.45, 2.75) is 26.2 Å². The Morgan fingerprint density at radius 3 is 3.00 bits per heavy atom. The van der Waals surface area contributed by atoms with Crippen LogP contribution in [0.4, 0.5) is 5.69 Å². The predicted molar refractivity (Wildman–Crippen MR) is 52.7 cm³/mol. The smallest absolute Gasteiger partial charge is 0.0405 e. The first-order valence-electron chi connectivity index (χ1n) is 4.62. The highest BCUT2D eigenvalue weighted by molar-refractivity contribution is 5.59. The van der Waals surface area contributed by atoms with E-state index in [1.165, 1.54) is 23.2 Å². The summed E-state index contributed by atoms with van der Waals surface area (Å²) in [7, 11) is 0. The van der Waals surface area contributed by atoms with Crippen molar-refractivity contribution in [3.05, 3.63) is 29.3 Å². The van der Waals surface area contributed by atoms with Crippen molar-refractivity contribution in [2.75, 3.05) is 11.9 Å². The number of benzene rings is 1. The molecule has 0 saturated carbocycles. The molecule has 64 valence electrons. The molecule has 0 bridgehead atoms. The summed E-state index contributed by atoms with van der Waals surface area (Å²) in [6.07, 6.45) is 1.26. The molecule has 1 aliphatic rings. The highest BCUT2D eigenvalue weighted by Crippen LogP contribution is 2.32. The maximum atomic E-state index is 3.46. The van der Waals surface area contributed by atoms with Crippen molar-refractivity contribution in [3.8, 4) is 0 Å². The summed E-state index contributed by atoms with van der Waals surface area (Å²) in [4.78, 5) is 0. The Balaban J connectivity index is 2.52. The van der Waals surface area contributed by atoms with Gasteiger partial charge in [-0.2, -0.15) is 0 Å². The van der Waals surface area contributed by atoms with E-state index in [0.717, 1.165) is 12.5 Å². The van der Waals surface area contributed by atoms with E-state index in [-0.39, 0.29) is 0 Å². The van der Waals surface area contributed by atoms with Gasteiger partial charge in [0.1, 0.15) is 0 Å². The maximum absolute atomic E-state index is 3.46. The molecule has 0 saturated heterocycles. The Morgan fingerprint density at radius 2 is 2.25 bits per heavy atom. The van der Waals surface area contributed by atoms with Crippen LogP contribution >= 0.6 is 0 Å². The summed E-state index contributed by atoms with van der Waals surface area (Å²) in [6, 6.07) is 6.56. The lowest BCUT2D eigenvalue weighted by atomic mass is 9.91. The molecule has 1 aromatic rings. The van der Waals surface area contributed by atoms with E-state index < -0.39 is 0 Å². The first-order valence-corrected chi connectivity index (χ1v) is 4.62. The largest absolute Gasteiger partial charge is 0.385 e. The number of rotatable bonds is 0. The third-order valence-corrected chi connectivity index (χ3v) is 2.72. The molecule has 1 nitrogen and oxygen atoms in total. The van der Waals surface area contributed by atoms with Crippen LogP contribution in [0.2, 0.25) is 0 Å². The topological polar surface area (TPSA) is 12.0 Å². The number of anilines is 1. The first-order chi connectivity index (χ1) is 5.79. The van der Waals surface area contributed by atoms with Gasteiger partial charge in [-0.15, -0.1) is 0 Å². The second kappa shape index (κ2) is 2.81. The van der Waals surface area contributed by atoms with Crippen molar-refractivity contribution in [2.24, 2.45) is 0 Å². The Labute approximate surface area is 73.8 Å². The zero-order chi connectivity index (χ0) is 8.55. The second-order valence-corrected chi connectivity index (χ2v) is 3.66. The average molecular weight is 161 g/mol. The van der Waals surface area contributed by atoms with Crippen molar-refractivity contribution in [3.63, 3.8) is 0 Å². The quantitative estimate of drug-likeness (QED) is 0.617. The number of fused-ring (bicyclic) bond motifs is 1. The molecule has 1 unspecified atom stereocenters. The molecular weight excluding hydrogens is 146 g/mol. The lowest BCUT2D eigenvalue weighted by molar-refractivity contribution is 0.682. The third kappa shape index (κ3) is 1.09. The molecule has 12 heavy (non-hydrogen) atoms. The van der Waals surface area contributed by atoms with Crippen LogP contribution in [0, 0.1) is 6.92 Å². The molecule has 0 spiro atoms. The van der Waals surface area contributed by atoms with Gasteiger partial charge >= 0.3 is 0 Å². The Kier molecular flexibility index (Phi) is 1.80. The van der Waals surface area contributed by atoms with Gasteiger partial charge in [0, 0.05) is 12.2 Å². The van der Waals surface area contributed by atoms with Crippen molar-refractivity contribution in [1.82, 2.24) is 0 Å². The third-order valence-electron chi connectivity index (χ3n) is 2.72. The monoisotopic (exact) mass is 161 g/mol. The molecule has 1 aliphatic heterocycles. The van der Waals surface area contributed by atoms with Gasteiger partial charge in [0.15, 0.2) is 0 Å². The number of nitrogens with one attached hydrogen (secondary N) is 1. The van der Waals surface area contributed by atoms with Crippen molar-refractivity contribution in [1.29, 1.82) is 0 Å². The molecule has 1 heteroatoms. The van der Waals surface area contributed by atoms with E-state index in [1.807, 2.05) is 0 Å². The van der Waals surface area contributed by atoms with E-state index >= 15 is 0 Å². The molecule has 1 heterocycles. The van der Waals surface area contributed by atoms with Crippen LogP contribution in [0.1, 0.15) is 30.4 Å². The number of para-hydroxylation sites is 1. The van der Waals surface area contributed by atoms with E-state index in [9.17, 15) is 0 Å². The number of hydrogen-bond acceptors (Lipinski definition) is 1. The van der Waals surface area contributed by atoms with Gasteiger partial charge in [-0.25, -0.2) is 0 Å². The van der Waals surface area contributed by atoms with Crippen LogP contribution in [0.3, 0.4) is 0 Å². The summed E-state index contributed by atoms with van der Waals surface area (Å²) in [5, 5.41) is 3.46. The SMILES string of the molecule is Cc1cccc2c1NCCC2C. The minimum absolute atomic E-state index is 0.723. The van der Waals surface area contributed by atoms with Gasteiger partial charge < -0.3 is 5.32 Å². The van der Waals surface area contributed by atoms with Gasteiger partial charge in [-0.3, -0.25) is 0 Å². The van der Waals surface area contributed by atoms with Gasteiger partial charge in [-0.1, -0.05) is 25.1 Å². The molecule has 0 fully saturated rings. The minimum atomic E-state index is 0.723. The zero-order valence-electron chi connectivity index (χ0n) is 7.72. The molecule has 0 aliphatic carbocycles. The van der Waals surface area contributed by atoms with Gasteiger partial charge in [0.05, 0.1) is 0 Å². The zero-order valence-corrected chi connectivity index (χ0v) is 7.72. The lowest BCUT2D eigenvalue weighted by Crippen LogP contribution is -2.15. The molecular formula is C11H15N. The molecule has 1 N–H and O–H groups in total. The van der Waals surface area contributed by atoms with Crippen LogP contribution in [-0.2, 0) is 0 Å².